The Morgan fingerprint density at radius 3 is 2.30 bits per heavy atom. The van der Waals surface area contributed by atoms with E-state index in [0.29, 0.717) is 10.1 Å². The molecule has 3 rings (SSSR count). The van der Waals surface area contributed by atoms with E-state index in [2.05, 4.69) is 4.72 Å². The van der Waals surface area contributed by atoms with E-state index < -0.39 is 31.7 Å². The first kappa shape index (κ1) is 24.3. The summed E-state index contributed by atoms with van der Waals surface area (Å²) in [6.07, 6.45) is 3.15. The first-order chi connectivity index (χ1) is 15.6. The first-order valence-electron chi connectivity index (χ1n) is 9.97. The molecule has 2 aromatic rings. The van der Waals surface area contributed by atoms with Crippen LogP contribution >= 0.6 is 0 Å². The van der Waals surface area contributed by atoms with Gasteiger partial charge in [-0.3, -0.25) is 9.03 Å². The zero-order valence-corrected chi connectivity index (χ0v) is 19.5. The Morgan fingerprint density at radius 1 is 1.03 bits per heavy atom. The number of hydrogen-bond donors (Lipinski definition) is 2. The lowest BCUT2D eigenvalue weighted by Gasteiger charge is -2.25. The maximum atomic E-state index is 13.3. The van der Waals surface area contributed by atoms with Gasteiger partial charge in [-0.25, -0.2) is 21.6 Å². The minimum absolute atomic E-state index is 0.0825. The summed E-state index contributed by atoms with van der Waals surface area (Å²) in [6.45, 7) is -0.259. The van der Waals surface area contributed by atoms with Gasteiger partial charge in [0, 0.05) is 6.42 Å². The van der Waals surface area contributed by atoms with E-state index in [9.17, 15) is 26.7 Å². The lowest BCUT2D eigenvalue weighted by molar-refractivity contribution is -0.133. The van der Waals surface area contributed by atoms with Crippen LogP contribution in [0.5, 0.6) is 5.75 Å². The van der Waals surface area contributed by atoms with Crippen molar-refractivity contribution in [3.05, 3.63) is 83.7 Å². The minimum atomic E-state index is -4.30. The molecule has 0 saturated carbocycles. The average molecular weight is 493 g/mol. The molecule has 9 nitrogen and oxygen atoms in total. The summed E-state index contributed by atoms with van der Waals surface area (Å²) < 4.78 is 59.9. The van der Waals surface area contributed by atoms with Crippen molar-refractivity contribution in [1.29, 1.82) is 0 Å². The fraction of sp³-hybridized carbons (Fsp3) is 0.227. The summed E-state index contributed by atoms with van der Waals surface area (Å²) in [5, 5.41) is 9.85. The number of rotatable bonds is 9. The van der Waals surface area contributed by atoms with Crippen LogP contribution in [-0.4, -0.2) is 51.6 Å². The topological polar surface area (TPSA) is 130 Å². The third-order valence-electron chi connectivity index (χ3n) is 4.93. The van der Waals surface area contributed by atoms with Gasteiger partial charge in [0.05, 0.1) is 30.0 Å². The number of sulfonamides is 2. The van der Waals surface area contributed by atoms with Crippen molar-refractivity contribution in [2.75, 3.05) is 19.4 Å². The molecule has 0 aliphatic carbocycles. The number of carbonyl (C=O) groups is 1. The van der Waals surface area contributed by atoms with Crippen molar-refractivity contribution in [2.24, 2.45) is 0 Å². The van der Waals surface area contributed by atoms with Crippen LogP contribution in [0.2, 0.25) is 0 Å². The number of methoxy groups -OCH3 is 1. The molecular formula is C22H24N2O7S2. The van der Waals surface area contributed by atoms with Gasteiger partial charge < -0.3 is 9.84 Å². The Bertz CT molecular complexity index is 1270. The van der Waals surface area contributed by atoms with Gasteiger partial charge in [0.25, 0.3) is 10.0 Å². The van der Waals surface area contributed by atoms with E-state index in [1.54, 1.807) is 24.3 Å². The number of carboxylic acid groups (broad SMARTS) is 1. The van der Waals surface area contributed by atoms with Gasteiger partial charge in [-0.2, -0.15) is 0 Å². The lowest BCUT2D eigenvalue weighted by atomic mass is 10.2. The molecule has 2 N–H and O–H groups in total. The van der Waals surface area contributed by atoms with Crippen LogP contribution < -0.4 is 9.46 Å². The van der Waals surface area contributed by atoms with E-state index >= 15 is 0 Å². The number of carboxylic acids is 1. The number of nitrogens with zero attached hydrogens (tertiary/aromatic N) is 1. The van der Waals surface area contributed by atoms with Gasteiger partial charge in [-0.1, -0.05) is 42.5 Å². The zero-order valence-electron chi connectivity index (χ0n) is 17.8. The third kappa shape index (κ3) is 5.93. The lowest BCUT2D eigenvalue weighted by Crippen LogP contribution is -2.37. The van der Waals surface area contributed by atoms with E-state index in [-0.39, 0.29) is 35.7 Å². The van der Waals surface area contributed by atoms with Gasteiger partial charge in [0.2, 0.25) is 10.0 Å². The Hall–Kier alpha value is -3.31. The Morgan fingerprint density at radius 2 is 1.70 bits per heavy atom. The fourth-order valence-corrected chi connectivity index (χ4v) is 5.87. The molecule has 0 amide bonds. The van der Waals surface area contributed by atoms with Crippen molar-refractivity contribution in [3.63, 3.8) is 0 Å². The standard InChI is InChI=1S/C22H24N2O7S2/c1-31-18-10-12-19(13-11-18)33(29,30)24-15-6-5-9-20(21(24)22(25)26)23-32(27,28)16-14-17-7-3-2-4-8-17/h2-8,10-13,23H,9,14-16H2,1H3,(H,25,26). The van der Waals surface area contributed by atoms with Crippen molar-refractivity contribution in [2.45, 2.75) is 17.7 Å². The molecule has 1 heterocycles. The molecule has 1 aliphatic heterocycles. The van der Waals surface area contributed by atoms with Crippen molar-refractivity contribution < 1.29 is 31.5 Å². The highest BCUT2D eigenvalue weighted by atomic mass is 32.2. The number of hydrogen-bond acceptors (Lipinski definition) is 6. The van der Waals surface area contributed by atoms with Crippen LogP contribution in [0.15, 0.2) is 83.0 Å². The second kappa shape index (κ2) is 10.1. The smallest absolute Gasteiger partial charge is 0.355 e. The van der Waals surface area contributed by atoms with Gasteiger partial charge >= 0.3 is 5.97 Å². The summed E-state index contributed by atoms with van der Waals surface area (Å²) >= 11 is 0. The molecule has 0 atom stereocenters. The van der Waals surface area contributed by atoms with Crippen LogP contribution in [0.1, 0.15) is 12.0 Å². The zero-order chi connectivity index (χ0) is 24.1. The molecular weight excluding hydrogens is 468 g/mol. The molecule has 0 bridgehead atoms. The van der Waals surface area contributed by atoms with Gasteiger partial charge in [-0.15, -0.1) is 0 Å². The molecule has 33 heavy (non-hydrogen) atoms. The highest BCUT2D eigenvalue weighted by molar-refractivity contribution is 7.89. The van der Waals surface area contributed by atoms with Crippen LogP contribution in [0, 0.1) is 0 Å². The van der Waals surface area contributed by atoms with E-state index in [1.165, 1.54) is 43.5 Å². The maximum Gasteiger partial charge on any atom is 0.355 e. The second-order valence-electron chi connectivity index (χ2n) is 7.18. The van der Waals surface area contributed by atoms with Crippen molar-refractivity contribution in [3.8, 4) is 5.75 Å². The minimum Gasteiger partial charge on any atom is -0.497 e. The van der Waals surface area contributed by atoms with Gasteiger partial charge in [-0.05, 0) is 36.2 Å². The number of benzene rings is 2. The molecule has 2 aromatic carbocycles. The largest absolute Gasteiger partial charge is 0.497 e. The highest BCUT2D eigenvalue weighted by Gasteiger charge is 2.34. The van der Waals surface area contributed by atoms with Crippen LogP contribution in [-0.2, 0) is 31.3 Å². The predicted molar refractivity (Wildman–Crippen MR) is 122 cm³/mol. The Balaban J connectivity index is 1.94. The molecule has 0 saturated heterocycles. The summed E-state index contributed by atoms with van der Waals surface area (Å²) in [5.41, 5.74) is -0.0553. The first-order valence-corrected chi connectivity index (χ1v) is 13.1. The molecule has 0 radical (unpaired) electrons. The SMILES string of the molecule is COc1ccc(S(=O)(=O)N2CC=CCC(NS(=O)(=O)CCc3ccccc3)=C2C(=O)O)cc1. The summed E-state index contributed by atoms with van der Waals surface area (Å²) in [6, 6.07) is 14.4. The number of ether oxygens (including phenoxy) is 1. The molecule has 176 valence electrons. The monoisotopic (exact) mass is 492 g/mol. The quantitative estimate of drug-likeness (QED) is 0.513. The predicted octanol–water partition coefficient (Wildman–Crippen LogP) is 2.10. The van der Waals surface area contributed by atoms with Crippen LogP contribution in [0.4, 0.5) is 0 Å². The summed E-state index contributed by atoms with van der Waals surface area (Å²) in [5.74, 6) is -1.41. The highest BCUT2D eigenvalue weighted by Crippen LogP contribution is 2.27. The Labute approximate surface area is 193 Å². The van der Waals surface area contributed by atoms with Crippen LogP contribution in [0.25, 0.3) is 0 Å². The maximum absolute atomic E-state index is 13.3. The Kier molecular flexibility index (Phi) is 7.44. The number of aryl methyl sites for hydroxylation is 1. The van der Waals surface area contributed by atoms with Crippen LogP contribution in [0.3, 0.4) is 0 Å². The van der Waals surface area contributed by atoms with E-state index in [4.69, 9.17) is 4.74 Å². The third-order valence-corrected chi connectivity index (χ3v) is 8.00. The molecule has 0 spiro atoms. The van der Waals surface area contributed by atoms with E-state index in [1.807, 2.05) is 6.07 Å². The van der Waals surface area contributed by atoms with Crippen molar-refractivity contribution in [1.82, 2.24) is 9.03 Å². The average Bonchev–Trinajstić information content (AvgIpc) is 3.01. The second-order valence-corrected chi connectivity index (χ2v) is 10.9. The number of nitrogens with one attached hydrogen (secondary N) is 1. The summed E-state index contributed by atoms with van der Waals surface area (Å²) in [7, 11) is -6.81. The molecule has 11 heteroatoms. The molecule has 0 aromatic heterocycles. The van der Waals surface area contributed by atoms with E-state index in [0.717, 1.165) is 5.56 Å². The fourth-order valence-electron chi connectivity index (χ4n) is 3.26. The number of allylic oxidation sites excluding steroid dienone is 1. The number of aliphatic carboxylic acids is 1. The van der Waals surface area contributed by atoms with Gasteiger partial charge in [0.1, 0.15) is 5.75 Å². The molecule has 1 aliphatic rings. The van der Waals surface area contributed by atoms with Gasteiger partial charge in [0.15, 0.2) is 5.70 Å². The summed E-state index contributed by atoms with van der Waals surface area (Å²) in [4.78, 5) is 12.0. The van der Waals surface area contributed by atoms with Crippen molar-refractivity contribution >= 4 is 26.0 Å². The molecule has 0 unspecified atom stereocenters. The normalized spacial score (nSPS) is 14.6. The molecule has 0 fully saturated rings.